The minimum Gasteiger partial charge on any atom is -0.389 e. The monoisotopic (exact) mass is 226 g/mol. The average molecular weight is 226 g/mol. The number of anilines is 2. The maximum atomic E-state index is 11.5. The Balaban J connectivity index is 2.14. The van der Waals surface area contributed by atoms with Gasteiger partial charge >= 0.3 is 0 Å². The molecule has 1 amide bonds. The van der Waals surface area contributed by atoms with Crippen LogP contribution in [0.4, 0.5) is 10.1 Å². The predicted molar refractivity (Wildman–Crippen MR) is 56.6 cm³/mol. The molecule has 2 aromatic rings. The van der Waals surface area contributed by atoms with E-state index in [-0.39, 0.29) is 11.6 Å². The molecule has 0 aliphatic rings. The molecule has 7 heteroatoms. The van der Waals surface area contributed by atoms with Crippen molar-refractivity contribution >= 4 is 38.7 Å². The maximum Gasteiger partial charge on any atom is 0.279 e. The Morgan fingerprint density at radius 1 is 1.43 bits per heavy atom. The predicted octanol–water partition coefficient (Wildman–Crippen LogP) is 1.43. The number of hydrogen-bond acceptors (Lipinski definition) is 6. The van der Waals surface area contributed by atoms with Crippen LogP contribution in [0.5, 0.6) is 0 Å². The molecule has 2 heterocycles. The van der Waals surface area contributed by atoms with Gasteiger partial charge in [-0.1, -0.05) is 0 Å². The first-order valence-corrected chi connectivity index (χ1v) is 5.43. The summed E-state index contributed by atoms with van der Waals surface area (Å²) in [5, 5.41) is 5.34. The fourth-order valence-corrected chi connectivity index (χ4v) is 1.92. The second kappa shape index (κ2) is 3.72. The number of thiazole rings is 2. The highest BCUT2D eigenvalue weighted by Crippen LogP contribution is 2.18. The van der Waals surface area contributed by atoms with E-state index in [1.807, 2.05) is 0 Å². The van der Waals surface area contributed by atoms with Crippen LogP contribution in [0.25, 0.3) is 0 Å². The van der Waals surface area contributed by atoms with Crippen molar-refractivity contribution in [2.24, 2.45) is 0 Å². The van der Waals surface area contributed by atoms with Crippen LogP contribution in [-0.4, -0.2) is 15.9 Å². The average Bonchev–Trinajstić information content (AvgIpc) is 2.75. The fourth-order valence-electron chi connectivity index (χ4n) is 0.867. The highest BCUT2D eigenvalue weighted by atomic mass is 32.1. The van der Waals surface area contributed by atoms with Crippen molar-refractivity contribution in [1.29, 1.82) is 0 Å². The molecule has 14 heavy (non-hydrogen) atoms. The van der Waals surface area contributed by atoms with Crippen molar-refractivity contribution in [2.45, 2.75) is 0 Å². The molecule has 0 saturated carbocycles. The summed E-state index contributed by atoms with van der Waals surface area (Å²) in [4.78, 5) is 19.3. The van der Waals surface area contributed by atoms with Crippen molar-refractivity contribution in [3.63, 3.8) is 0 Å². The third-order valence-corrected chi connectivity index (χ3v) is 2.81. The maximum absolute atomic E-state index is 11.5. The lowest BCUT2D eigenvalue weighted by Crippen LogP contribution is -2.13. The smallest absolute Gasteiger partial charge is 0.279 e. The van der Waals surface area contributed by atoms with Gasteiger partial charge in [0.2, 0.25) is 0 Å². The number of nitrogens with one attached hydrogen (secondary N) is 1. The Morgan fingerprint density at radius 2 is 2.29 bits per heavy atom. The van der Waals surface area contributed by atoms with E-state index in [9.17, 15) is 4.79 Å². The molecule has 2 rings (SSSR count). The summed E-state index contributed by atoms with van der Waals surface area (Å²) in [6.45, 7) is 0. The van der Waals surface area contributed by atoms with Crippen LogP contribution in [0.15, 0.2) is 17.1 Å². The van der Waals surface area contributed by atoms with Gasteiger partial charge in [0.25, 0.3) is 5.91 Å². The molecular formula is C7H6N4OS2. The van der Waals surface area contributed by atoms with Gasteiger partial charge in [-0.05, 0) is 0 Å². The van der Waals surface area contributed by atoms with E-state index >= 15 is 0 Å². The number of carbonyl (C=O) groups is 1. The molecule has 0 spiro atoms. The summed E-state index contributed by atoms with van der Waals surface area (Å²) >= 11 is 2.58. The van der Waals surface area contributed by atoms with Crippen LogP contribution in [-0.2, 0) is 0 Å². The minimum absolute atomic E-state index is 0.255. The molecule has 0 unspecified atom stereocenters. The lowest BCUT2D eigenvalue weighted by atomic mass is 10.4. The van der Waals surface area contributed by atoms with Crippen LogP contribution < -0.4 is 11.1 Å². The van der Waals surface area contributed by atoms with Crippen molar-refractivity contribution in [1.82, 2.24) is 9.97 Å². The lowest BCUT2D eigenvalue weighted by molar-refractivity contribution is 0.102. The molecule has 72 valence electrons. The van der Waals surface area contributed by atoms with Crippen molar-refractivity contribution in [3.8, 4) is 0 Å². The first kappa shape index (κ1) is 9.10. The van der Waals surface area contributed by atoms with Gasteiger partial charge < -0.3 is 5.73 Å². The Bertz CT molecular complexity index is 436. The highest BCUT2D eigenvalue weighted by Gasteiger charge is 2.13. The van der Waals surface area contributed by atoms with Crippen molar-refractivity contribution in [3.05, 3.63) is 22.8 Å². The highest BCUT2D eigenvalue weighted by molar-refractivity contribution is 7.14. The zero-order chi connectivity index (χ0) is 9.97. The molecule has 0 aliphatic heterocycles. The van der Waals surface area contributed by atoms with E-state index in [1.165, 1.54) is 28.2 Å². The Kier molecular flexibility index (Phi) is 2.42. The van der Waals surface area contributed by atoms with Crippen LogP contribution in [0, 0.1) is 0 Å². The molecule has 0 fully saturated rings. The Morgan fingerprint density at radius 3 is 2.86 bits per heavy atom. The molecule has 0 aliphatic carbocycles. The molecule has 0 saturated heterocycles. The van der Waals surface area contributed by atoms with Crippen LogP contribution >= 0.6 is 22.7 Å². The van der Waals surface area contributed by atoms with Gasteiger partial charge in [-0.3, -0.25) is 10.1 Å². The topological polar surface area (TPSA) is 80.9 Å². The first-order valence-electron chi connectivity index (χ1n) is 3.67. The van der Waals surface area contributed by atoms with E-state index in [1.54, 1.807) is 11.6 Å². The summed E-state index contributed by atoms with van der Waals surface area (Å²) in [7, 11) is 0. The third kappa shape index (κ3) is 1.73. The van der Waals surface area contributed by atoms with E-state index in [0.717, 1.165) is 0 Å². The first-order chi connectivity index (χ1) is 6.77. The van der Waals surface area contributed by atoms with E-state index in [0.29, 0.717) is 10.1 Å². The number of carbonyl (C=O) groups excluding carboxylic acids is 1. The lowest BCUT2D eigenvalue weighted by Gasteiger charge is -1.98. The number of nitrogen functional groups attached to an aromatic ring is 1. The zero-order valence-electron chi connectivity index (χ0n) is 6.93. The molecule has 5 nitrogen and oxygen atoms in total. The van der Waals surface area contributed by atoms with E-state index < -0.39 is 0 Å². The number of hydrogen-bond donors (Lipinski definition) is 2. The molecule has 0 bridgehead atoms. The van der Waals surface area contributed by atoms with Crippen molar-refractivity contribution in [2.75, 3.05) is 11.1 Å². The van der Waals surface area contributed by atoms with Gasteiger partial charge in [-0.25, -0.2) is 9.97 Å². The summed E-state index contributed by atoms with van der Waals surface area (Å²) in [5.41, 5.74) is 7.34. The quantitative estimate of drug-likeness (QED) is 0.811. The fraction of sp³-hybridized carbons (Fsp3) is 0. The van der Waals surface area contributed by atoms with Gasteiger partial charge in [0.05, 0.1) is 5.51 Å². The van der Waals surface area contributed by atoms with Gasteiger partial charge in [0.1, 0.15) is 5.00 Å². The molecule has 3 N–H and O–H groups in total. The standard InChI is InChI=1S/C7H6N4OS2/c8-5-4(10-3-14-5)6(12)11-7-9-1-2-13-7/h1-3H,8H2,(H,9,11,12). The van der Waals surface area contributed by atoms with Crippen LogP contribution in [0.1, 0.15) is 10.5 Å². The van der Waals surface area contributed by atoms with Crippen LogP contribution in [0.2, 0.25) is 0 Å². The number of amides is 1. The zero-order valence-corrected chi connectivity index (χ0v) is 8.56. The van der Waals surface area contributed by atoms with Gasteiger partial charge in [-0.15, -0.1) is 22.7 Å². The van der Waals surface area contributed by atoms with E-state index in [4.69, 9.17) is 5.73 Å². The van der Waals surface area contributed by atoms with Gasteiger partial charge in [-0.2, -0.15) is 0 Å². The van der Waals surface area contributed by atoms with Crippen LogP contribution in [0.3, 0.4) is 0 Å². The summed E-state index contributed by atoms with van der Waals surface area (Å²) in [6, 6.07) is 0. The SMILES string of the molecule is Nc1scnc1C(=O)Nc1nccs1. The number of rotatable bonds is 2. The van der Waals surface area contributed by atoms with Crippen molar-refractivity contribution < 1.29 is 4.79 Å². The van der Waals surface area contributed by atoms with Gasteiger partial charge in [0, 0.05) is 11.6 Å². The summed E-state index contributed by atoms with van der Waals surface area (Å²) in [6.07, 6.45) is 1.62. The largest absolute Gasteiger partial charge is 0.389 e. The second-order valence-electron chi connectivity index (χ2n) is 2.36. The van der Waals surface area contributed by atoms with E-state index in [2.05, 4.69) is 15.3 Å². The second-order valence-corrected chi connectivity index (χ2v) is 4.14. The number of nitrogens with zero attached hydrogens (tertiary/aromatic N) is 2. The summed E-state index contributed by atoms with van der Waals surface area (Å²) in [5.74, 6) is -0.321. The molecule has 0 aromatic carbocycles. The van der Waals surface area contributed by atoms with Gasteiger partial charge in [0.15, 0.2) is 10.8 Å². The normalized spacial score (nSPS) is 10.0. The molecule has 0 atom stereocenters. The molecule has 2 aromatic heterocycles. The Hall–Kier alpha value is -1.47. The minimum atomic E-state index is -0.321. The summed E-state index contributed by atoms with van der Waals surface area (Å²) < 4.78 is 0. The number of aromatic nitrogens is 2. The molecule has 0 radical (unpaired) electrons. The molecular weight excluding hydrogens is 220 g/mol. The number of nitrogens with two attached hydrogens (primary N) is 1. The Labute approximate surface area is 87.6 Å². The third-order valence-electron chi connectivity index (χ3n) is 1.46.